The van der Waals surface area contributed by atoms with Gasteiger partial charge >= 0.3 is 0 Å². The highest BCUT2D eigenvalue weighted by Crippen LogP contribution is 2.41. The van der Waals surface area contributed by atoms with Gasteiger partial charge in [-0.1, -0.05) is 19.1 Å². The van der Waals surface area contributed by atoms with Crippen LogP contribution in [0, 0.1) is 10.1 Å². The molecule has 32 heavy (non-hydrogen) atoms. The van der Waals surface area contributed by atoms with Crippen molar-refractivity contribution >= 4 is 29.1 Å². The quantitative estimate of drug-likeness (QED) is 0.383. The van der Waals surface area contributed by atoms with Crippen molar-refractivity contribution in [1.82, 2.24) is 5.43 Å². The van der Waals surface area contributed by atoms with Crippen LogP contribution in [0.1, 0.15) is 55.6 Å². The number of nitro groups is 1. The van der Waals surface area contributed by atoms with Gasteiger partial charge in [-0.25, -0.2) is 5.43 Å². The molecule has 1 heterocycles. The molecule has 0 saturated carbocycles. The maximum absolute atomic E-state index is 12.3. The van der Waals surface area contributed by atoms with Crippen LogP contribution in [0.3, 0.4) is 0 Å². The highest BCUT2D eigenvalue weighted by atomic mass is 16.6. The summed E-state index contributed by atoms with van der Waals surface area (Å²) in [5.74, 6) is 0.109. The maximum atomic E-state index is 12.3. The van der Waals surface area contributed by atoms with Crippen LogP contribution in [0.15, 0.2) is 47.6 Å². The summed E-state index contributed by atoms with van der Waals surface area (Å²) in [6, 6.07) is 9.50. The zero-order valence-electron chi connectivity index (χ0n) is 19.0. The highest BCUT2D eigenvalue weighted by Gasteiger charge is 2.31. The van der Waals surface area contributed by atoms with E-state index in [1.165, 1.54) is 30.5 Å². The van der Waals surface area contributed by atoms with E-state index in [0.29, 0.717) is 5.75 Å². The number of carbonyl (C=O) groups excluding carboxylic acids is 1. The van der Waals surface area contributed by atoms with E-state index >= 15 is 0 Å². The van der Waals surface area contributed by atoms with Crippen LogP contribution in [0.5, 0.6) is 5.75 Å². The third kappa shape index (κ3) is 4.64. The highest BCUT2D eigenvalue weighted by molar-refractivity contribution is 5.96. The fraction of sp³-hybridized carbons (Fsp3) is 0.333. The summed E-state index contributed by atoms with van der Waals surface area (Å²) in [7, 11) is 1.60. The first-order valence-electron chi connectivity index (χ1n) is 10.4. The molecule has 8 nitrogen and oxygen atoms in total. The standard InChI is InChI=1S/C24H28N4O4/c1-6-10-27-21-13-22(32-5)18(12-20(21)16(2)14-24(27,3)4)15-25-26-23(29)17-8-7-9-19(11-17)28(30)31/h7-9,11-15H,6,10H2,1-5H3,(H,26,29)/b25-15-. The number of rotatable bonds is 7. The minimum absolute atomic E-state index is 0.111. The minimum atomic E-state index is -0.545. The van der Waals surface area contributed by atoms with Crippen molar-refractivity contribution in [3.8, 4) is 5.75 Å². The number of nitrogens with one attached hydrogen (secondary N) is 1. The van der Waals surface area contributed by atoms with E-state index in [1.54, 1.807) is 7.11 Å². The summed E-state index contributed by atoms with van der Waals surface area (Å²) in [4.78, 5) is 25.1. The second-order valence-electron chi connectivity index (χ2n) is 8.25. The number of hydrogen-bond donors (Lipinski definition) is 1. The average molecular weight is 437 g/mol. The lowest BCUT2D eigenvalue weighted by Gasteiger charge is -2.43. The lowest BCUT2D eigenvalue weighted by Crippen LogP contribution is -2.45. The third-order valence-corrected chi connectivity index (χ3v) is 5.47. The van der Waals surface area contributed by atoms with E-state index in [9.17, 15) is 14.9 Å². The topological polar surface area (TPSA) is 97.1 Å². The van der Waals surface area contributed by atoms with E-state index in [1.807, 2.05) is 12.1 Å². The molecule has 0 radical (unpaired) electrons. The molecule has 2 aromatic carbocycles. The smallest absolute Gasteiger partial charge is 0.271 e. The molecule has 0 aromatic heterocycles. The number of carbonyl (C=O) groups is 1. The Labute approximate surface area is 187 Å². The molecule has 1 aliphatic heterocycles. The van der Waals surface area contributed by atoms with Crippen molar-refractivity contribution < 1.29 is 14.5 Å². The normalized spacial score (nSPS) is 14.7. The van der Waals surface area contributed by atoms with Crippen LogP contribution in [0.2, 0.25) is 0 Å². The number of benzene rings is 2. The summed E-state index contributed by atoms with van der Waals surface area (Å²) in [5.41, 5.74) is 6.39. The van der Waals surface area contributed by atoms with Gasteiger partial charge in [0.25, 0.3) is 11.6 Å². The van der Waals surface area contributed by atoms with Gasteiger partial charge in [0.1, 0.15) is 5.75 Å². The van der Waals surface area contributed by atoms with E-state index in [2.05, 4.69) is 49.2 Å². The number of ether oxygens (including phenoxy) is 1. The molecule has 0 saturated heterocycles. The molecular formula is C24H28N4O4. The van der Waals surface area contributed by atoms with Crippen molar-refractivity contribution in [1.29, 1.82) is 0 Å². The first-order valence-corrected chi connectivity index (χ1v) is 10.4. The minimum Gasteiger partial charge on any atom is -0.496 e. The van der Waals surface area contributed by atoms with Crippen LogP contribution < -0.4 is 15.1 Å². The Hall–Kier alpha value is -3.68. The fourth-order valence-electron chi connectivity index (χ4n) is 4.02. The number of allylic oxidation sites excluding steroid dienone is 1. The molecule has 168 valence electrons. The van der Waals surface area contributed by atoms with Crippen molar-refractivity contribution in [2.24, 2.45) is 5.10 Å². The maximum Gasteiger partial charge on any atom is 0.271 e. The number of anilines is 1. The molecule has 0 aliphatic carbocycles. The van der Waals surface area contributed by atoms with E-state index in [0.717, 1.165) is 35.4 Å². The van der Waals surface area contributed by atoms with Gasteiger partial charge in [0.2, 0.25) is 0 Å². The third-order valence-electron chi connectivity index (χ3n) is 5.47. The number of fused-ring (bicyclic) bond motifs is 1. The predicted molar refractivity (Wildman–Crippen MR) is 127 cm³/mol. The SMILES string of the molecule is CCCN1c2cc(OC)c(/C=N\NC(=O)c3cccc([N+](=O)[O-])c3)cc2C(C)=CC1(C)C. The van der Waals surface area contributed by atoms with Gasteiger partial charge in [-0.2, -0.15) is 5.10 Å². The van der Waals surface area contributed by atoms with E-state index in [-0.39, 0.29) is 16.8 Å². The molecular weight excluding hydrogens is 408 g/mol. The van der Waals surface area contributed by atoms with Gasteiger partial charge in [-0.3, -0.25) is 14.9 Å². The number of hydrazone groups is 1. The zero-order valence-corrected chi connectivity index (χ0v) is 19.0. The number of non-ortho nitro benzene ring substituents is 1. The van der Waals surface area contributed by atoms with Crippen molar-refractivity contribution in [3.63, 3.8) is 0 Å². The van der Waals surface area contributed by atoms with Crippen LogP contribution in [-0.2, 0) is 0 Å². The average Bonchev–Trinajstić information content (AvgIpc) is 2.76. The van der Waals surface area contributed by atoms with Gasteiger partial charge in [0.15, 0.2) is 0 Å². The lowest BCUT2D eigenvalue weighted by molar-refractivity contribution is -0.384. The Bertz CT molecular complexity index is 1110. The molecule has 0 atom stereocenters. The number of nitro benzene ring substituents is 1. The molecule has 1 N–H and O–H groups in total. The lowest BCUT2D eigenvalue weighted by atomic mass is 9.87. The Morgan fingerprint density at radius 1 is 1.31 bits per heavy atom. The fourth-order valence-corrected chi connectivity index (χ4v) is 4.02. The molecule has 0 fully saturated rings. The number of methoxy groups -OCH3 is 1. The van der Waals surface area contributed by atoms with Gasteiger partial charge in [0, 0.05) is 47.1 Å². The summed E-state index contributed by atoms with van der Waals surface area (Å²) in [6.45, 7) is 9.55. The first-order chi connectivity index (χ1) is 15.2. The molecule has 8 heteroatoms. The molecule has 1 amide bonds. The Morgan fingerprint density at radius 3 is 2.72 bits per heavy atom. The molecule has 0 spiro atoms. The van der Waals surface area contributed by atoms with Crippen LogP contribution in [0.25, 0.3) is 5.57 Å². The van der Waals surface area contributed by atoms with E-state index < -0.39 is 10.8 Å². The Morgan fingerprint density at radius 2 is 2.06 bits per heavy atom. The van der Waals surface area contributed by atoms with Crippen LogP contribution in [0.4, 0.5) is 11.4 Å². The van der Waals surface area contributed by atoms with Crippen LogP contribution >= 0.6 is 0 Å². The van der Waals surface area contributed by atoms with Crippen molar-refractivity contribution in [3.05, 3.63) is 69.3 Å². The molecule has 1 aliphatic rings. The summed E-state index contributed by atoms with van der Waals surface area (Å²) in [5, 5.41) is 15.0. The van der Waals surface area contributed by atoms with Crippen molar-refractivity contribution in [2.75, 3.05) is 18.6 Å². The molecule has 0 unspecified atom stereocenters. The van der Waals surface area contributed by atoms with E-state index in [4.69, 9.17) is 4.74 Å². The number of nitrogens with zero attached hydrogens (tertiary/aromatic N) is 3. The first kappa shape index (κ1) is 23.0. The number of hydrogen-bond acceptors (Lipinski definition) is 6. The second kappa shape index (κ2) is 9.21. The Kier molecular flexibility index (Phi) is 6.62. The summed E-state index contributed by atoms with van der Waals surface area (Å²) >= 11 is 0. The predicted octanol–water partition coefficient (Wildman–Crippen LogP) is 4.78. The molecule has 2 aromatic rings. The number of amides is 1. The van der Waals surface area contributed by atoms with Crippen LogP contribution in [-0.4, -0.2) is 36.2 Å². The Balaban J connectivity index is 1.88. The van der Waals surface area contributed by atoms with Gasteiger partial charge in [-0.05, 0) is 44.9 Å². The van der Waals surface area contributed by atoms with Gasteiger partial charge in [-0.15, -0.1) is 0 Å². The molecule has 0 bridgehead atoms. The van der Waals surface area contributed by atoms with Crippen molar-refractivity contribution in [2.45, 2.75) is 39.7 Å². The second-order valence-corrected chi connectivity index (χ2v) is 8.25. The largest absolute Gasteiger partial charge is 0.496 e. The van der Waals surface area contributed by atoms with Gasteiger partial charge in [0.05, 0.1) is 23.8 Å². The summed E-state index contributed by atoms with van der Waals surface area (Å²) in [6.07, 6.45) is 4.79. The summed E-state index contributed by atoms with van der Waals surface area (Å²) < 4.78 is 5.60. The monoisotopic (exact) mass is 436 g/mol. The van der Waals surface area contributed by atoms with Gasteiger partial charge < -0.3 is 9.64 Å². The molecule has 3 rings (SSSR count). The zero-order chi connectivity index (χ0) is 23.5.